The summed E-state index contributed by atoms with van der Waals surface area (Å²) >= 11 is 0. The van der Waals surface area contributed by atoms with Crippen LogP contribution in [0.5, 0.6) is 0 Å². The van der Waals surface area contributed by atoms with Gasteiger partial charge in [-0.25, -0.2) is 0 Å². The molecule has 3 rings (SSSR count). The monoisotopic (exact) mass is 258 g/mol. The van der Waals surface area contributed by atoms with Crippen molar-refractivity contribution in [1.29, 1.82) is 0 Å². The summed E-state index contributed by atoms with van der Waals surface area (Å²) in [4.78, 5) is 17.2. The number of hydrogen-bond donors (Lipinski definition) is 2. The van der Waals surface area contributed by atoms with Gasteiger partial charge in [0.2, 0.25) is 5.91 Å². The van der Waals surface area contributed by atoms with Crippen molar-refractivity contribution in [2.45, 2.75) is 25.4 Å². The molecule has 0 spiro atoms. The number of likely N-dealkylation sites (tertiary alicyclic amines) is 1. The quantitative estimate of drug-likeness (QED) is 0.861. The van der Waals surface area contributed by atoms with Gasteiger partial charge in [0.1, 0.15) is 0 Å². The van der Waals surface area contributed by atoms with E-state index in [1.807, 2.05) is 29.3 Å². The zero-order chi connectivity index (χ0) is 13.2. The maximum atomic E-state index is 12.2. The molecule has 0 radical (unpaired) electrons. The molecule has 0 aliphatic carbocycles. The smallest absolute Gasteiger partial charge is 0.226 e. The number of nitrogens with zero attached hydrogens (tertiary/aromatic N) is 1. The molecule has 2 heterocycles. The van der Waals surface area contributed by atoms with Crippen molar-refractivity contribution in [2.75, 3.05) is 13.1 Å². The van der Waals surface area contributed by atoms with E-state index in [0.29, 0.717) is 32.4 Å². The minimum absolute atomic E-state index is 0.154. The van der Waals surface area contributed by atoms with Crippen molar-refractivity contribution < 1.29 is 9.90 Å². The molecule has 19 heavy (non-hydrogen) atoms. The van der Waals surface area contributed by atoms with Gasteiger partial charge in [-0.3, -0.25) is 4.79 Å². The number of piperidine rings is 1. The molecule has 1 saturated heterocycles. The minimum Gasteiger partial charge on any atom is -0.393 e. The van der Waals surface area contributed by atoms with Gasteiger partial charge in [0.15, 0.2) is 0 Å². The first-order valence-corrected chi connectivity index (χ1v) is 6.74. The van der Waals surface area contributed by atoms with Crippen molar-refractivity contribution in [3.05, 3.63) is 36.0 Å². The number of amides is 1. The fourth-order valence-corrected chi connectivity index (χ4v) is 2.61. The van der Waals surface area contributed by atoms with Crippen LogP contribution in [0.15, 0.2) is 30.5 Å². The summed E-state index contributed by atoms with van der Waals surface area (Å²) < 4.78 is 0. The molecular weight excluding hydrogens is 240 g/mol. The first-order chi connectivity index (χ1) is 9.22. The van der Waals surface area contributed by atoms with Gasteiger partial charge < -0.3 is 15.0 Å². The Bertz CT molecular complexity index is 583. The van der Waals surface area contributed by atoms with Crippen LogP contribution in [0.2, 0.25) is 0 Å². The van der Waals surface area contributed by atoms with Crippen LogP contribution in [0.1, 0.15) is 18.4 Å². The lowest BCUT2D eigenvalue weighted by Gasteiger charge is -2.29. The predicted molar refractivity (Wildman–Crippen MR) is 73.8 cm³/mol. The van der Waals surface area contributed by atoms with E-state index >= 15 is 0 Å². The first kappa shape index (κ1) is 12.2. The van der Waals surface area contributed by atoms with E-state index in [9.17, 15) is 9.90 Å². The molecule has 2 aromatic rings. The zero-order valence-corrected chi connectivity index (χ0v) is 10.8. The van der Waals surface area contributed by atoms with E-state index < -0.39 is 0 Å². The Hall–Kier alpha value is -1.81. The standard InChI is InChI=1S/C15H18N2O2/c18-13-4-7-17(8-5-13)15(19)10-11-1-2-14-12(9-11)3-6-16-14/h1-3,6,9,13,16,18H,4-5,7-8,10H2. The van der Waals surface area contributed by atoms with E-state index in [4.69, 9.17) is 0 Å². The Morgan fingerprint density at radius 3 is 2.89 bits per heavy atom. The van der Waals surface area contributed by atoms with Gasteiger partial charge >= 0.3 is 0 Å². The van der Waals surface area contributed by atoms with Gasteiger partial charge in [-0.15, -0.1) is 0 Å². The molecular formula is C15H18N2O2. The number of carbonyl (C=O) groups excluding carboxylic acids is 1. The van der Waals surface area contributed by atoms with E-state index in [1.54, 1.807) is 0 Å². The molecule has 1 fully saturated rings. The van der Waals surface area contributed by atoms with Crippen molar-refractivity contribution >= 4 is 16.8 Å². The molecule has 0 atom stereocenters. The summed E-state index contributed by atoms with van der Waals surface area (Å²) in [6.07, 6.45) is 3.50. The fraction of sp³-hybridized carbons (Fsp3) is 0.400. The molecule has 2 N–H and O–H groups in total. The van der Waals surface area contributed by atoms with Gasteiger partial charge in [-0.05, 0) is 42.0 Å². The molecule has 0 unspecified atom stereocenters. The van der Waals surface area contributed by atoms with Crippen molar-refractivity contribution in [2.24, 2.45) is 0 Å². The molecule has 0 saturated carbocycles. The molecule has 1 aliphatic rings. The highest BCUT2D eigenvalue weighted by molar-refractivity contribution is 5.83. The summed E-state index contributed by atoms with van der Waals surface area (Å²) in [6, 6.07) is 8.08. The van der Waals surface area contributed by atoms with E-state index in [2.05, 4.69) is 11.1 Å². The van der Waals surface area contributed by atoms with E-state index in [-0.39, 0.29) is 12.0 Å². The topological polar surface area (TPSA) is 56.3 Å². The highest BCUT2D eigenvalue weighted by atomic mass is 16.3. The molecule has 100 valence electrons. The number of H-pyrrole nitrogens is 1. The lowest BCUT2D eigenvalue weighted by atomic mass is 10.1. The average Bonchev–Trinajstić information content (AvgIpc) is 2.87. The second-order valence-corrected chi connectivity index (χ2v) is 5.19. The molecule has 1 aromatic carbocycles. The molecule has 1 amide bonds. The van der Waals surface area contributed by atoms with Crippen LogP contribution in [-0.4, -0.2) is 40.1 Å². The average molecular weight is 258 g/mol. The number of fused-ring (bicyclic) bond motifs is 1. The maximum absolute atomic E-state index is 12.2. The van der Waals surface area contributed by atoms with E-state index in [1.165, 1.54) is 0 Å². The summed E-state index contributed by atoms with van der Waals surface area (Å²) in [5.74, 6) is 0.154. The lowest BCUT2D eigenvalue weighted by Crippen LogP contribution is -2.40. The van der Waals surface area contributed by atoms with Crippen LogP contribution in [0.4, 0.5) is 0 Å². The molecule has 0 bridgehead atoms. The first-order valence-electron chi connectivity index (χ1n) is 6.74. The number of aromatic amines is 1. The number of aliphatic hydroxyl groups excluding tert-OH is 1. The predicted octanol–water partition coefficient (Wildman–Crippen LogP) is 1.69. The third kappa shape index (κ3) is 2.63. The Labute approximate surface area is 112 Å². The second kappa shape index (κ2) is 5.05. The van der Waals surface area contributed by atoms with Crippen LogP contribution in [-0.2, 0) is 11.2 Å². The third-order valence-electron chi connectivity index (χ3n) is 3.79. The maximum Gasteiger partial charge on any atom is 0.226 e. The summed E-state index contributed by atoms with van der Waals surface area (Å²) in [7, 11) is 0. The summed E-state index contributed by atoms with van der Waals surface area (Å²) in [5, 5.41) is 10.6. The number of benzene rings is 1. The summed E-state index contributed by atoms with van der Waals surface area (Å²) in [5.41, 5.74) is 2.14. The van der Waals surface area contributed by atoms with Crippen LogP contribution < -0.4 is 0 Å². The number of nitrogens with one attached hydrogen (secondary N) is 1. The van der Waals surface area contributed by atoms with Gasteiger partial charge in [-0.2, -0.15) is 0 Å². The van der Waals surface area contributed by atoms with Crippen LogP contribution >= 0.6 is 0 Å². The lowest BCUT2D eigenvalue weighted by molar-refractivity contribution is -0.132. The molecule has 1 aliphatic heterocycles. The van der Waals surface area contributed by atoms with Gasteiger partial charge in [0.05, 0.1) is 12.5 Å². The Morgan fingerprint density at radius 2 is 2.11 bits per heavy atom. The second-order valence-electron chi connectivity index (χ2n) is 5.19. The van der Waals surface area contributed by atoms with Crippen LogP contribution in [0.25, 0.3) is 10.9 Å². The largest absolute Gasteiger partial charge is 0.393 e. The number of aliphatic hydroxyl groups is 1. The molecule has 1 aromatic heterocycles. The summed E-state index contributed by atoms with van der Waals surface area (Å²) in [6.45, 7) is 1.35. The highest BCUT2D eigenvalue weighted by Crippen LogP contribution is 2.16. The third-order valence-corrected chi connectivity index (χ3v) is 3.79. The molecule has 4 nitrogen and oxygen atoms in total. The Balaban J connectivity index is 1.68. The number of hydrogen-bond acceptors (Lipinski definition) is 2. The van der Waals surface area contributed by atoms with Crippen molar-refractivity contribution in [1.82, 2.24) is 9.88 Å². The number of carbonyl (C=O) groups is 1. The highest BCUT2D eigenvalue weighted by Gasteiger charge is 2.21. The van der Waals surface area contributed by atoms with Crippen molar-refractivity contribution in [3.63, 3.8) is 0 Å². The SMILES string of the molecule is O=C(Cc1ccc2[nH]ccc2c1)N1CCC(O)CC1. The van der Waals surface area contributed by atoms with Crippen molar-refractivity contribution in [3.8, 4) is 0 Å². The van der Waals surface area contributed by atoms with Crippen LogP contribution in [0, 0.1) is 0 Å². The normalized spacial score (nSPS) is 17.0. The Kier molecular flexibility index (Phi) is 3.25. The number of aromatic nitrogens is 1. The van der Waals surface area contributed by atoms with Gasteiger partial charge in [-0.1, -0.05) is 6.07 Å². The van der Waals surface area contributed by atoms with Gasteiger partial charge in [0, 0.05) is 24.8 Å². The van der Waals surface area contributed by atoms with Gasteiger partial charge in [0.25, 0.3) is 0 Å². The van der Waals surface area contributed by atoms with Crippen LogP contribution in [0.3, 0.4) is 0 Å². The zero-order valence-electron chi connectivity index (χ0n) is 10.8. The fourth-order valence-electron chi connectivity index (χ4n) is 2.61. The van der Waals surface area contributed by atoms with E-state index in [0.717, 1.165) is 16.5 Å². The molecule has 4 heteroatoms. The Morgan fingerprint density at radius 1 is 1.32 bits per heavy atom. The number of rotatable bonds is 2. The minimum atomic E-state index is -0.236.